The first kappa shape index (κ1) is 23.7. The van der Waals surface area contributed by atoms with Gasteiger partial charge in [-0.2, -0.15) is 0 Å². The predicted molar refractivity (Wildman–Crippen MR) is 144 cm³/mol. The maximum atomic E-state index is 13.8. The minimum Gasteiger partial charge on any atom is -0.353 e. The molecule has 0 saturated carbocycles. The van der Waals surface area contributed by atoms with Gasteiger partial charge in [0.15, 0.2) is 0 Å². The molecule has 5 rings (SSSR count). The maximum absolute atomic E-state index is 13.8. The van der Waals surface area contributed by atoms with Gasteiger partial charge in [-0.25, -0.2) is 9.97 Å². The van der Waals surface area contributed by atoms with Crippen LogP contribution in [0, 0.1) is 13.8 Å². The summed E-state index contributed by atoms with van der Waals surface area (Å²) in [7, 11) is 0. The van der Waals surface area contributed by atoms with E-state index in [0.717, 1.165) is 53.5 Å². The number of anilines is 1. The number of aromatic nitrogens is 2. The summed E-state index contributed by atoms with van der Waals surface area (Å²) in [5.41, 5.74) is 5.49. The van der Waals surface area contributed by atoms with Gasteiger partial charge in [0.2, 0.25) is 5.91 Å². The van der Waals surface area contributed by atoms with Crippen molar-refractivity contribution in [3.05, 3.63) is 125 Å². The molecule has 0 bridgehead atoms. The Labute approximate surface area is 213 Å². The molecule has 1 aromatic heterocycles. The normalized spacial score (nSPS) is 13.8. The number of carbonyl (C=O) groups excluding carboxylic acids is 1. The number of carbonyl (C=O) groups is 1. The second-order valence-electron chi connectivity index (χ2n) is 9.39. The number of rotatable bonds is 6. The summed E-state index contributed by atoms with van der Waals surface area (Å²) in [5, 5.41) is 0. The summed E-state index contributed by atoms with van der Waals surface area (Å²) in [5.74, 6) is 1.65. The average Bonchev–Trinajstić information content (AvgIpc) is 2.92. The van der Waals surface area contributed by atoms with Gasteiger partial charge in [0, 0.05) is 43.9 Å². The molecule has 0 aliphatic carbocycles. The zero-order chi connectivity index (χ0) is 24.9. The van der Waals surface area contributed by atoms with Crippen LogP contribution in [-0.2, 0) is 11.2 Å². The lowest BCUT2D eigenvalue weighted by atomic mass is 9.90. The first-order valence-corrected chi connectivity index (χ1v) is 12.6. The molecule has 1 aliphatic rings. The molecule has 0 unspecified atom stereocenters. The van der Waals surface area contributed by atoms with Gasteiger partial charge in [0.1, 0.15) is 11.6 Å². The molecule has 1 aliphatic heterocycles. The molecule has 1 saturated heterocycles. The summed E-state index contributed by atoms with van der Waals surface area (Å²) in [6, 6.07) is 30.7. The van der Waals surface area contributed by atoms with Crippen molar-refractivity contribution in [2.45, 2.75) is 26.2 Å². The van der Waals surface area contributed by atoms with E-state index in [9.17, 15) is 4.79 Å². The Morgan fingerprint density at radius 2 is 1.28 bits per heavy atom. The van der Waals surface area contributed by atoms with Crippen LogP contribution in [0.4, 0.5) is 5.82 Å². The van der Waals surface area contributed by atoms with Crippen molar-refractivity contribution in [2.75, 3.05) is 31.1 Å². The van der Waals surface area contributed by atoms with E-state index in [4.69, 9.17) is 4.98 Å². The number of piperazine rings is 1. The molecule has 0 spiro atoms. The molecule has 3 aromatic carbocycles. The van der Waals surface area contributed by atoms with Crippen LogP contribution in [0.3, 0.4) is 0 Å². The molecule has 36 heavy (non-hydrogen) atoms. The zero-order valence-electron chi connectivity index (χ0n) is 21.0. The highest BCUT2D eigenvalue weighted by Crippen LogP contribution is 2.29. The first-order chi connectivity index (χ1) is 17.6. The molecule has 1 fully saturated rings. The monoisotopic (exact) mass is 476 g/mol. The van der Waals surface area contributed by atoms with Gasteiger partial charge in [-0.3, -0.25) is 4.79 Å². The van der Waals surface area contributed by atoms with Crippen LogP contribution in [0.1, 0.15) is 39.7 Å². The standard InChI is InChI=1S/C31H32N4O/c1-23-28(22-25-12-6-3-7-13-25)30(33-24(2)32-23)34-18-20-35(21-19-34)31(36)29(26-14-8-4-9-15-26)27-16-10-5-11-17-27/h3-17,29H,18-22H2,1-2H3. The van der Waals surface area contributed by atoms with Crippen molar-refractivity contribution < 1.29 is 4.79 Å². The zero-order valence-corrected chi connectivity index (χ0v) is 21.0. The molecular weight excluding hydrogens is 444 g/mol. The molecular formula is C31H32N4O. The van der Waals surface area contributed by atoms with Crippen LogP contribution in [0.5, 0.6) is 0 Å². The molecule has 0 radical (unpaired) electrons. The third kappa shape index (κ3) is 5.15. The molecule has 4 aromatic rings. The van der Waals surface area contributed by atoms with E-state index in [1.165, 1.54) is 5.56 Å². The maximum Gasteiger partial charge on any atom is 0.234 e. The Morgan fingerprint density at radius 3 is 1.83 bits per heavy atom. The molecule has 5 heteroatoms. The van der Waals surface area contributed by atoms with E-state index in [2.05, 4.69) is 41.1 Å². The number of nitrogens with zero attached hydrogens (tertiary/aromatic N) is 4. The Bertz CT molecular complexity index is 1260. The number of benzene rings is 3. The SMILES string of the molecule is Cc1nc(C)c(Cc2ccccc2)c(N2CCN(C(=O)C(c3ccccc3)c3ccccc3)CC2)n1. The van der Waals surface area contributed by atoms with E-state index in [1.807, 2.05) is 78.6 Å². The van der Waals surface area contributed by atoms with Crippen LogP contribution < -0.4 is 4.90 Å². The Morgan fingerprint density at radius 1 is 0.750 bits per heavy atom. The predicted octanol–water partition coefficient (Wildman–Crippen LogP) is 5.16. The van der Waals surface area contributed by atoms with Gasteiger partial charge in [-0.05, 0) is 30.5 Å². The number of hydrogen-bond acceptors (Lipinski definition) is 4. The Hall–Kier alpha value is -3.99. The second kappa shape index (κ2) is 10.7. The summed E-state index contributed by atoms with van der Waals surface area (Å²) in [4.78, 5) is 27.7. The van der Waals surface area contributed by atoms with Crippen molar-refractivity contribution in [1.82, 2.24) is 14.9 Å². The van der Waals surface area contributed by atoms with Crippen molar-refractivity contribution in [3.8, 4) is 0 Å². The number of hydrogen-bond donors (Lipinski definition) is 0. The van der Waals surface area contributed by atoms with Gasteiger partial charge < -0.3 is 9.80 Å². The minimum absolute atomic E-state index is 0.159. The van der Waals surface area contributed by atoms with E-state index in [1.54, 1.807) is 0 Å². The molecule has 1 amide bonds. The lowest BCUT2D eigenvalue weighted by molar-refractivity contribution is -0.132. The topological polar surface area (TPSA) is 49.3 Å². The van der Waals surface area contributed by atoms with Crippen LogP contribution in [0.25, 0.3) is 0 Å². The summed E-state index contributed by atoms with van der Waals surface area (Å²) >= 11 is 0. The van der Waals surface area contributed by atoms with Crippen molar-refractivity contribution in [3.63, 3.8) is 0 Å². The van der Waals surface area contributed by atoms with Crippen LogP contribution >= 0.6 is 0 Å². The summed E-state index contributed by atoms with van der Waals surface area (Å²) in [6.45, 7) is 6.86. The summed E-state index contributed by atoms with van der Waals surface area (Å²) < 4.78 is 0. The Kier molecular flexibility index (Phi) is 7.08. The molecule has 2 heterocycles. The van der Waals surface area contributed by atoms with Crippen molar-refractivity contribution in [2.24, 2.45) is 0 Å². The largest absolute Gasteiger partial charge is 0.353 e. The van der Waals surface area contributed by atoms with Crippen LogP contribution in [-0.4, -0.2) is 47.0 Å². The fraction of sp³-hybridized carbons (Fsp3) is 0.258. The van der Waals surface area contributed by atoms with E-state index >= 15 is 0 Å². The van der Waals surface area contributed by atoms with E-state index < -0.39 is 0 Å². The summed E-state index contributed by atoms with van der Waals surface area (Å²) in [6.07, 6.45) is 0.797. The average molecular weight is 477 g/mol. The van der Waals surface area contributed by atoms with Gasteiger partial charge in [-0.1, -0.05) is 91.0 Å². The third-order valence-corrected chi connectivity index (χ3v) is 6.93. The second-order valence-corrected chi connectivity index (χ2v) is 9.39. The fourth-order valence-corrected chi connectivity index (χ4v) is 5.08. The lowest BCUT2D eigenvalue weighted by Crippen LogP contribution is -2.50. The fourth-order valence-electron chi connectivity index (χ4n) is 5.08. The number of amides is 1. The first-order valence-electron chi connectivity index (χ1n) is 12.6. The highest BCUT2D eigenvalue weighted by Gasteiger charge is 2.31. The Balaban J connectivity index is 1.36. The molecule has 0 N–H and O–H groups in total. The quantitative estimate of drug-likeness (QED) is 0.386. The molecule has 0 atom stereocenters. The van der Waals surface area contributed by atoms with E-state index in [0.29, 0.717) is 13.1 Å². The van der Waals surface area contributed by atoms with Crippen LogP contribution in [0.2, 0.25) is 0 Å². The van der Waals surface area contributed by atoms with Gasteiger partial charge >= 0.3 is 0 Å². The van der Waals surface area contributed by atoms with Crippen molar-refractivity contribution in [1.29, 1.82) is 0 Å². The minimum atomic E-state index is -0.295. The molecule has 5 nitrogen and oxygen atoms in total. The molecule has 182 valence electrons. The van der Waals surface area contributed by atoms with E-state index in [-0.39, 0.29) is 11.8 Å². The van der Waals surface area contributed by atoms with Crippen LogP contribution in [0.15, 0.2) is 91.0 Å². The lowest BCUT2D eigenvalue weighted by Gasteiger charge is -2.38. The van der Waals surface area contributed by atoms with Gasteiger partial charge in [0.25, 0.3) is 0 Å². The van der Waals surface area contributed by atoms with Gasteiger partial charge in [0.05, 0.1) is 5.92 Å². The highest BCUT2D eigenvalue weighted by molar-refractivity contribution is 5.87. The van der Waals surface area contributed by atoms with Crippen molar-refractivity contribution >= 4 is 11.7 Å². The smallest absolute Gasteiger partial charge is 0.234 e. The highest BCUT2D eigenvalue weighted by atomic mass is 16.2. The van der Waals surface area contributed by atoms with Gasteiger partial charge in [-0.15, -0.1) is 0 Å². The number of aryl methyl sites for hydroxylation is 2. The third-order valence-electron chi connectivity index (χ3n) is 6.93.